The van der Waals surface area contributed by atoms with Gasteiger partial charge in [0.25, 0.3) is 0 Å². The Morgan fingerprint density at radius 2 is 1.93 bits per heavy atom. The molecule has 3 heteroatoms. The molecule has 0 saturated carbocycles. The van der Waals surface area contributed by atoms with E-state index in [-0.39, 0.29) is 0 Å². The van der Waals surface area contributed by atoms with Crippen LogP contribution in [0, 0.1) is 0 Å². The van der Waals surface area contributed by atoms with Crippen LogP contribution < -0.4 is 4.74 Å². The first-order valence-electron chi connectivity index (χ1n) is 5.18. The van der Waals surface area contributed by atoms with Crippen LogP contribution in [-0.2, 0) is 11.3 Å². The normalized spacial score (nSPS) is 16.9. The number of fused-ring (bicyclic) bond motifs is 1. The average Bonchev–Trinajstić information content (AvgIpc) is 2.21. The Hall–Kier alpha value is -0.540. The van der Waals surface area contributed by atoms with Gasteiger partial charge in [0.15, 0.2) is 0 Å². The fraction of sp³-hybridized carbons (Fsp3) is 0.500. The molecule has 0 aromatic heterocycles. The highest BCUT2D eigenvalue weighted by atomic mass is 79.9. The molecule has 0 N–H and O–H groups in total. The summed E-state index contributed by atoms with van der Waals surface area (Å²) < 4.78 is 12.2. The molecular formula is C12H17BrO2. The molecule has 0 unspecified atom stereocenters. The maximum absolute atomic E-state index is 5.63. The SMILES string of the molecule is CC.CC1(C)OCc2cc(Br)ccc2O1. The van der Waals surface area contributed by atoms with Crippen molar-refractivity contribution in [2.45, 2.75) is 40.1 Å². The van der Waals surface area contributed by atoms with E-state index in [0.29, 0.717) is 6.61 Å². The van der Waals surface area contributed by atoms with Crippen LogP contribution in [0.5, 0.6) is 5.75 Å². The van der Waals surface area contributed by atoms with E-state index in [2.05, 4.69) is 15.9 Å². The van der Waals surface area contributed by atoms with Gasteiger partial charge in [-0.15, -0.1) is 0 Å². The summed E-state index contributed by atoms with van der Waals surface area (Å²) in [5.41, 5.74) is 1.09. The Bertz CT molecular complexity index is 334. The van der Waals surface area contributed by atoms with Crippen LogP contribution in [0.2, 0.25) is 0 Å². The van der Waals surface area contributed by atoms with Crippen molar-refractivity contribution < 1.29 is 9.47 Å². The summed E-state index contributed by atoms with van der Waals surface area (Å²) in [5.74, 6) is 0.417. The van der Waals surface area contributed by atoms with E-state index < -0.39 is 5.79 Å². The molecule has 2 nitrogen and oxygen atoms in total. The van der Waals surface area contributed by atoms with Crippen LogP contribution in [0.15, 0.2) is 22.7 Å². The lowest BCUT2D eigenvalue weighted by molar-refractivity contribution is -0.180. The van der Waals surface area contributed by atoms with Crippen molar-refractivity contribution in [2.75, 3.05) is 0 Å². The maximum atomic E-state index is 5.63. The zero-order valence-electron chi connectivity index (χ0n) is 9.63. The van der Waals surface area contributed by atoms with Crippen LogP contribution >= 0.6 is 15.9 Å². The Labute approximate surface area is 99.7 Å². The van der Waals surface area contributed by atoms with E-state index >= 15 is 0 Å². The van der Waals surface area contributed by atoms with E-state index in [1.54, 1.807) is 0 Å². The predicted molar refractivity (Wildman–Crippen MR) is 65.0 cm³/mol. The minimum absolute atomic E-state index is 0.499. The van der Waals surface area contributed by atoms with Crippen molar-refractivity contribution in [1.82, 2.24) is 0 Å². The third kappa shape index (κ3) is 3.21. The fourth-order valence-electron chi connectivity index (χ4n) is 1.31. The highest BCUT2D eigenvalue weighted by Gasteiger charge is 2.26. The van der Waals surface area contributed by atoms with Gasteiger partial charge in [-0.1, -0.05) is 29.8 Å². The molecule has 84 valence electrons. The molecule has 1 aliphatic rings. The monoisotopic (exact) mass is 272 g/mol. The Morgan fingerprint density at radius 3 is 2.60 bits per heavy atom. The van der Waals surface area contributed by atoms with E-state index in [0.717, 1.165) is 15.8 Å². The van der Waals surface area contributed by atoms with Crippen LogP contribution in [-0.4, -0.2) is 5.79 Å². The molecule has 1 aliphatic heterocycles. The molecule has 2 rings (SSSR count). The molecule has 0 aliphatic carbocycles. The first-order valence-corrected chi connectivity index (χ1v) is 5.97. The van der Waals surface area contributed by atoms with Crippen LogP contribution in [0.25, 0.3) is 0 Å². The van der Waals surface area contributed by atoms with Crippen molar-refractivity contribution in [3.8, 4) is 5.75 Å². The van der Waals surface area contributed by atoms with E-state index in [1.165, 1.54) is 0 Å². The summed E-state index contributed by atoms with van der Waals surface area (Å²) in [6, 6.07) is 5.95. The molecular weight excluding hydrogens is 256 g/mol. The minimum Gasteiger partial charge on any atom is -0.463 e. The molecule has 0 bridgehead atoms. The van der Waals surface area contributed by atoms with Gasteiger partial charge >= 0.3 is 0 Å². The van der Waals surface area contributed by atoms with Gasteiger partial charge in [-0.05, 0) is 18.2 Å². The molecule has 0 atom stereocenters. The standard InChI is InChI=1S/C10H11BrO2.C2H6/c1-10(2)12-6-7-5-8(11)3-4-9(7)13-10;1-2/h3-5H,6H2,1-2H3;1-2H3. The van der Waals surface area contributed by atoms with Gasteiger partial charge in [-0.3, -0.25) is 0 Å². The molecule has 0 amide bonds. The lowest BCUT2D eigenvalue weighted by Crippen LogP contribution is -2.35. The van der Waals surface area contributed by atoms with Crippen LogP contribution in [0.4, 0.5) is 0 Å². The summed E-state index contributed by atoms with van der Waals surface area (Å²) in [7, 11) is 0. The van der Waals surface area contributed by atoms with E-state index in [4.69, 9.17) is 9.47 Å². The number of ether oxygens (including phenoxy) is 2. The first kappa shape index (κ1) is 12.5. The number of hydrogen-bond donors (Lipinski definition) is 0. The van der Waals surface area contributed by atoms with Gasteiger partial charge in [-0.2, -0.15) is 0 Å². The molecule has 1 heterocycles. The summed E-state index contributed by atoms with van der Waals surface area (Å²) in [4.78, 5) is 0. The molecule has 0 spiro atoms. The third-order valence-corrected chi connectivity index (χ3v) is 2.45. The van der Waals surface area contributed by atoms with Crippen molar-refractivity contribution in [2.24, 2.45) is 0 Å². The summed E-state index contributed by atoms with van der Waals surface area (Å²) in [6.45, 7) is 8.44. The topological polar surface area (TPSA) is 18.5 Å². The summed E-state index contributed by atoms with van der Waals surface area (Å²) in [5, 5.41) is 0. The van der Waals surface area contributed by atoms with Crippen LogP contribution in [0.1, 0.15) is 33.3 Å². The predicted octanol–water partition coefficient (Wildman–Crippen LogP) is 4.12. The highest BCUT2D eigenvalue weighted by molar-refractivity contribution is 9.10. The van der Waals surface area contributed by atoms with Crippen molar-refractivity contribution >= 4 is 15.9 Å². The summed E-state index contributed by atoms with van der Waals surface area (Å²) >= 11 is 3.41. The second-order valence-electron chi connectivity index (χ2n) is 3.54. The summed E-state index contributed by atoms with van der Waals surface area (Å²) in [6.07, 6.45) is 0. The number of halogens is 1. The van der Waals surface area contributed by atoms with Crippen molar-refractivity contribution in [3.63, 3.8) is 0 Å². The zero-order chi connectivity index (χ0) is 11.5. The fourth-order valence-corrected chi connectivity index (χ4v) is 1.71. The van der Waals surface area contributed by atoms with Gasteiger partial charge in [-0.25, -0.2) is 0 Å². The lowest BCUT2D eigenvalue weighted by Gasteiger charge is -2.32. The number of benzene rings is 1. The smallest absolute Gasteiger partial charge is 0.205 e. The second kappa shape index (κ2) is 4.99. The molecule has 1 aromatic carbocycles. The van der Waals surface area contributed by atoms with Gasteiger partial charge in [0.1, 0.15) is 5.75 Å². The van der Waals surface area contributed by atoms with Gasteiger partial charge in [0.05, 0.1) is 6.61 Å². The molecule has 0 radical (unpaired) electrons. The largest absolute Gasteiger partial charge is 0.463 e. The van der Waals surface area contributed by atoms with Crippen molar-refractivity contribution in [3.05, 3.63) is 28.2 Å². The Balaban J connectivity index is 0.000000531. The van der Waals surface area contributed by atoms with E-state index in [1.807, 2.05) is 45.9 Å². The number of hydrogen-bond acceptors (Lipinski definition) is 2. The van der Waals surface area contributed by atoms with Gasteiger partial charge in [0.2, 0.25) is 5.79 Å². The van der Waals surface area contributed by atoms with Gasteiger partial charge in [0, 0.05) is 23.9 Å². The first-order chi connectivity index (χ1) is 7.07. The molecule has 0 saturated heterocycles. The highest BCUT2D eigenvalue weighted by Crippen LogP contribution is 2.32. The minimum atomic E-state index is -0.499. The Morgan fingerprint density at radius 1 is 1.27 bits per heavy atom. The lowest BCUT2D eigenvalue weighted by atomic mass is 10.2. The maximum Gasteiger partial charge on any atom is 0.205 e. The Kier molecular flexibility index (Phi) is 4.17. The quantitative estimate of drug-likeness (QED) is 0.707. The molecule has 15 heavy (non-hydrogen) atoms. The van der Waals surface area contributed by atoms with Gasteiger partial charge < -0.3 is 9.47 Å². The van der Waals surface area contributed by atoms with E-state index in [9.17, 15) is 0 Å². The second-order valence-corrected chi connectivity index (χ2v) is 4.46. The van der Waals surface area contributed by atoms with Crippen molar-refractivity contribution in [1.29, 1.82) is 0 Å². The zero-order valence-corrected chi connectivity index (χ0v) is 11.2. The molecule has 0 fully saturated rings. The average molecular weight is 273 g/mol. The van der Waals surface area contributed by atoms with Crippen LogP contribution in [0.3, 0.4) is 0 Å². The molecule has 1 aromatic rings. The number of rotatable bonds is 0. The third-order valence-electron chi connectivity index (χ3n) is 1.95.